The Balaban J connectivity index is 1.58. The van der Waals surface area contributed by atoms with Gasteiger partial charge in [0.15, 0.2) is 0 Å². The second-order valence-corrected chi connectivity index (χ2v) is 14.2. The molecule has 0 spiro atoms. The molecule has 264 valence electrons. The lowest BCUT2D eigenvalue weighted by Crippen LogP contribution is -2.41. The van der Waals surface area contributed by atoms with E-state index in [4.69, 9.17) is 0 Å². The fourth-order valence-corrected chi connectivity index (χ4v) is 7.68. The van der Waals surface area contributed by atoms with Crippen molar-refractivity contribution in [1.82, 2.24) is 14.8 Å². The lowest BCUT2D eigenvalue weighted by Gasteiger charge is -2.32. The fraction of sp³-hybridized carbons (Fsp3) is 0.500. The van der Waals surface area contributed by atoms with Crippen molar-refractivity contribution in [3.05, 3.63) is 91.6 Å². The number of carboxylic acid groups (broad SMARTS) is 1. The summed E-state index contributed by atoms with van der Waals surface area (Å²) in [5.41, 5.74) is 3.97. The number of aromatic nitrogens is 1. The van der Waals surface area contributed by atoms with Crippen LogP contribution in [-0.2, 0) is 28.6 Å². The van der Waals surface area contributed by atoms with Crippen LogP contribution in [0.3, 0.4) is 0 Å². The van der Waals surface area contributed by atoms with Crippen molar-refractivity contribution in [1.29, 1.82) is 0 Å². The van der Waals surface area contributed by atoms with Gasteiger partial charge in [-0.2, -0.15) is 13.2 Å². The molecule has 2 aliphatic rings. The minimum atomic E-state index is -4.74. The molecule has 0 bridgehead atoms. The Bertz CT molecular complexity index is 1770. The van der Waals surface area contributed by atoms with Crippen LogP contribution in [0.2, 0.25) is 0 Å². The van der Waals surface area contributed by atoms with E-state index in [1.807, 2.05) is 51.8 Å². The minimum absolute atomic E-state index is 0.00264. The number of halogens is 4. The number of carboxylic acids is 1. The van der Waals surface area contributed by atoms with Crippen LogP contribution in [0.15, 0.2) is 41.3 Å². The van der Waals surface area contributed by atoms with Crippen molar-refractivity contribution in [3.63, 3.8) is 0 Å². The number of rotatable bonds is 10. The van der Waals surface area contributed by atoms with Gasteiger partial charge in [0.25, 0.3) is 5.56 Å². The molecule has 1 aliphatic carbocycles. The highest BCUT2D eigenvalue weighted by atomic mass is 19.4. The zero-order chi connectivity index (χ0) is 35.8. The third-order valence-corrected chi connectivity index (χ3v) is 10.0. The normalized spacial score (nSPS) is 16.9. The lowest BCUT2D eigenvalue weighted by molar-refractivity contribution is -0.139. The number of pyridine rings is 1. The highest BCUT2D eigenvalue weighted by molar-refractivity contribution is 5.82. The molecule has 11 heteroatoms. The van der Waals surface area contributed by atoms with Crippen LogP contribution in [0, 0.1) is 25.6 Å². The van der Waals surface area contributed by atoms with Gasteiger partial charge in [-0.15, -0.1) is 0 Å². The zero-order valence-corrected chi connectivity index (χ0v) is 28.7. The summed E-state index contributed by atoms with van der Waals surface area (Å²) < 4.78 is 58.1. The smallest absolute Gasteiger partial charge is 0.416 e. The molecular formula is C38H45F4N3O4. The van der Waals surface area contributed by atoms with Gasteiger partial charge in [-0.1, -0.05) is 19.9 Å². The van der Waals surface area contributed by atoms with Crippen LogP contribution in [-0.4, -0.2) is 46.6 Å². The number of aryl methyl sites for hydroxylation is 3. The third-order valence-electron chi connectivity index (χ3n) is 10.0. The van der Waals surface area contributed by atoms with Crippen LogP contribution in [0.25, 0.3) is 11.1 Å². The van der Waals surface area contributed by atoms with E-state index >= 15 is 0 Å². The van der Waals surface area contributed by atoms with Crippen LogP contribution in [0.1, 0.15) is 103 Å². The Morgan fingerprint density at radius 3 is 2.27 bits per heavy atom. The summed E-state index contributed by atoms with van der Waals surface area (Å²) in [6.45, 7) is 8.56. The number of alkyl halides is 3. The third kappa shape index (κ3) is 8.09. The van der Waals surface area contributed by atoms with Gasteiger partial charge in [0, 0.05) is 12.3 Å². The van der Waals surface area contributed by atoms with Crippen molar-refractivity contribution in [2.24, 2.45) is 5.92 Å². The average Bonchev–Trinajstić information content (AvgIpc) is 3.48. The summed E-state index contributed by atoms with van der Waals surface area (Å²) in [5.74, 6) is -2.71. The Labute approximate surface area is 284 Å². The number of hydrogen-bond donors (Lipinski definition) is 2. The molecule has 2 heterocycles. The quantitative estimate of drug-likeness (QED) is 0.216. The van der Waals surface area contributed by atoms with Crippen molar-refractivity contribution < 1.29 is 32.3 Å². The Kier molecular flexibility index (Phi) is 10.7. The first-order valence-electron chi connectivity index (χ1n) is 17.0. The van der Waals surface area contributed by atoms with E-state index < -0.39 is 53.6 Å². The highest BCUT2D eigenvalue weighted by Crippen LogP contribution is 2.40. The number of benzene rings is 2. The molecule has 1 amide bonds. The number of piperidine rings is 1. The summed E-state index contributed by atoms with van der Waals surface area (Å²) in [4.78, 5) is 41.8. The number of carbonyl (C=O) groups is 2. The van der Waals surface area contributed by atoms with E-state index in [2.05, 4.69) is 5.32 Å². The molecule has 2 unspecified atom stereocenters. The summed E-state index contributed by atoms with van der Waals surface area (Å²) in [7, 11) is 1.91. The summed E-state index contributed by atoms with van der Waals surface area (Å²) >= 11 is 0. The molecule has 0 radical (unpaired) electrons. The summed E-state index contributed by atoms with van der Waals surface area (Å²) in [6.07, 6.45) is -0.409. The standard InChI is InChI=1S/C38H45F4N3O4/c1-21(2)13-33(45-20-30(24-9-11-44(5)12-10-24)31(18-34(45)46)38(40,41)42)37(49)43-32(19-35(47)48)26-16-25-7-6-8-28(25)29(17-26)36-22(3)14-27(39)15-23(36)4/h14-18,20-21,24,32-33H,6-13,19H2,1-5H3,(H,43,49)(H,47,48). The zero-order valence-electron chi connectivity index (χ0n) is 28.7. The van der Waals surface area contributed by atoms with Gasteiger partial charge in [0.05, 0.1) is 18.0 Å². The number of carbonyl (C=O) groups excluding carboxylic acids is 1. The van der Waals surface area contributed by atoms with Gasteiger partial charge in [-0.05, 0) is 147 Å². The van der Waals surface area contributed by atoms with Crippen molar-refractivity contribution in [3.8, 4) is 11.1 Å². The summed E-state index contributed by atoms with van der Waals surface area (Å²) in [5, 5.41) is 12.8. The SMILES string of the molecule is Cc1cc(F)cc(C)c1-c1cc(C(CC(=O)O)NC(=O)C(CC(C)C)n2cc(C3CCN(C)CC3)c(C(F)(F)F)cc2=O)cc2c1CCC2. The molecule has 5 rings (SSSR count). The molecule has 1 aliphatic heterocycles. The van der Waals surface area contributed by atoms with Gasteiger partial charge in [0.2, 0.25) is 5.91 Å². The second-order valence-electron chi connectivity index (χ2n) is 14.2. The fourth-order valence-electron chi connectivity index (χ4n) is 7.68. The number of aliphatic carboxylic acids is 1. The monoisotopic (exact) mass is 683 g/mol. The average molecular weight is 684 g/mol. The molecule has 0 saturated carbocycles. The molecule has 2 aromatic carbocycles. The van der Waals surface area contributed by atoms with Crippen molar-refractivity contribution in [2.75, 3.05) is 20.1 Å². The van der Waals surface area contributed by atoms with Crippen LogP contribution in [0.5, 0.6) is 0 Å². The number of nitrogens with zero attached hydrogens (tertiary/aromatic N) is 2. The topological polar surface area (TPSA) is 91.6 Å². The van der Waals surface area contributed by atoms with Crippen molar-refractivity contribution in [2.45, 2.75) is 96.8 Å². The molecular weight excluding hydrogens is 638 g/mol. The van der Waals surface area contributed by atoms with E-state index in [1.165, 1.54) is 18.3 Å². The maximum atomic E-state index is 14.3. The van der Waals surface area contributed by atoms with Gasteiger partial charge >= 0.3 is 12.1 Å². The van der Waals surface area contributed by atoms with E-state index in [0.717, 1.165) is 57.2 Å². The van der Waals surface area contributed by atoms with E-state index in [1.54, 1.807) is 0 Å². The maximum absolute atomic E-state index is 14.3. The van der Waals surface area contributed by atoms with E-state index in [-0.39, 0.29) is 23.7 Å². The van der Waals surface area contributed by atoms with E-state index in [9.17, 15) is 37.1 Å². The Hall–Kier alpha value is -3.99. The minimum Gasteiger partial charge on any atom is -0.481 e. The summed E-state index contributed by atoms with van der Waals surface area (Å²) in [6, 6.07) is 5.13. The number of amides is 1. The first-order valence-corrected chi connectivity index (χ1v) is 17.0. The van der Waals surface area contributed by atoms with Crippen molar-refractivity contribution >= 4 is 11.9 Å². The highest BCUT2D eigenvalue weighted by Gasteiger charge is 2.38. The molecule has 2 N–H and O–H groups in total. The van der Waals surface area contributed by atoms with Crippen LogP contribution < -0.4 is 10.9 Å². The maximum Gasteiger partial charge on any atom is 0.416 e. The molecule has 1 saturated heterocycles. The Morgan fingerprint density at radius 1 is 1.02 bits per heavy atom. The van der Waals surface area contributed by atoms with Gasteiger partial charge in [0.1, 0.15) is 11.9 Å². The first-order chi connectivity index (χ1) is 23.0. The molecule has 49 heavy (non-hydrogen) atoms. The second kappa shape index (κ2) is 14.5. The first kappa shape index (κ1) is 36.3. The lowest BCUT2D eigenvalue weighted by atomic mass is 9.87. The molecule has 1 fully saturated rings. The molecule has 1 aromatic heterocycles. The van der Waals surface area contributed by atoms with E-state index in [0.29, 0.717) is 37.6 Å². The van der Waals surface area contributed by atoms with Gasteiger partial charge in [-0.3, -0.25) is 14.4 Å². The number of nitrogens with one attached hydrogen (secondary N) is 1. The van der Waals surface area contributed by atoms with Gasteiger partial charge in [-0.25, -0.2) is 4.39 Å². The largest absolute Gasteiger partial charge is 0.481 e. The number of likely N-dealkylation sites (tertiary alicyclic amines) is 1. The van der Waals surface area contributed by atoms with Crippen LogP contribution in [0.4, 0.5) is 17.6 Å². The molecule has 2 atom stereocenters. The number of fused-ring (bicyclic) bond motifs is 1. The molecule has 7 nitrogen and oxygen atoms in total. The Morgan fingerprint density at radius 2 is 1.67 bits per heavy atom. The number of hydrogen-bond acceptors (Lipinski definition) is 4. The molecule has 3 aromatic rings. The predicted molar refractivity (Wildman–Crippen MR) is 180 cm³/mol. The van der Waals surface area contributed by atoms with Gasteiger partial charge < -0.3 is 19.9 Å². The predicted octanol–water partition coefficient (Wildman–Crippen LogP) is 7.51. The van der Waals surface area contributed by atoms with Crippen LogP contribution >= 0.6 is 0 Å².